The molecule has 3 atom stereocenters. The molecule has 3 aromatic carbocycles. The maximum absolute atomic E-state index is 13.6. The number of rotatable bonds is 5. The average Bonchev–Trinajstić information content (AvgIpc) is 3.61. The van der Waals surface area contributed by atoms with E-state index < -0.39 is 23.9 Å². The second kappa shape index (κ2) is 9.77. The molecule has 9 nitrogen and oxygen atoms in total. The molecule has 38 heavy (non-hydrogen) atoms. The van der Waals surface area contributed by atoms with Crippen LogP contribution in [0.1, 0.15) is 23.6 Å². The zero-order valence-electron chi connectivity index (χ0n) is 19.8. The summed E-state index contributed by atoms with van der Waals surface area (Å²) in [6.45, 7) is -0.251. The summed E-state index contributed by atoms with van der Waals surface area (Å²) in [5.41, 5.74) is 3.04. The number of halogens is 2. The molecule has 6 rings (SSSR count). The molecule has 3 unspecified atom stereocenters. The molecule has 0 bridgehead atoms. The van der Waals surface area contributed by atoms with E-state index in [0.29, 0.717) is 17.1 Å². The van der Waals surface area contributed by atoms with Crippen molar-refractivity contribution in [3.63, 3.8) is 0 Å². The Labute approximate surface area is 231 Å². The summed E-state index contributed by atoms with van der Waals surface area (Å²) >= 11 is 9.41. The van der Waals surface area contributed by atoms with E-state index in [4.69, 9.17) is 11.6 Å². The van der Waals surface area contributed by atoms with E-state index in [-0.39, 0.29) is 18.5 Å². The van der Waals surface area contributed by atoms with E-state index in [0.717, 1.165) is 26.2 Å². The topological polar surface area (TPSA) is 98.0 Å². The van der Waals surface area contributed by atoms with Crippen LogP contribution >= 0.6 is 27.5 Å². The Kier molecular flexibility index (Phi) is 6.29. The fourth-order valence-electron chi connectivity index (χ4n) is 4.90. The van der Waals surface area contributed by atoms with Crippen molar-refractivity contribution in [1.29, 1.82) is 0 Å². The van der Waals surface area contributed by atoms with Gasteiger partial charge in [-0.15, -0.1) is 0 Å². The van der Waals surface area contributed by atoms with Crippen LogP contribution in [0.3, 0.4) is 0 Å². The molecule has 0 spiro atoms. The molecule has 3 aliphatic heterocycles. The number of benzene rings is 3. The fourth-order valence-corrected chi connectivity index (χ4v) is 5.29. The van der Waals surface area contributed by atoms with Crippen LogP contribution in [-0.4, -0.2) is 52.1 Å². The van der Waals surface area contributed by atoms with Crippen LogP contribution < -0.4 is 4.90 Å². The fraction of sp³-hybridized carbons (Fsp3) is 0.185. The Bertz CT molecular complexity index is 1480. The van der Waals surface area contributed by atoms with E-state index in [9.17, 15) is 14.4 Å². The predicted octanol–water partition coefficient (Wildman–Crippen LogP) is 4.77. The molecule has 0 saturated carbocycles. The number of nitrogens with zero attached hydrogens (tertiary/aromatic N) is 6. The zero-order chi connectivity index (χ0) is 26.4. The van der Waals surface area contributed by atoms with Crippen LogP contribution in [-0.2, 0) is 14.4 Å². The van der Waals surface area contributed by atoms with Gasteiger partial charge in [0.15, 0.2) is 12.1 Å². The molecule has 11 heteroatoms. The summed E-state index contributed by atoms with van der Waals surface area (Å²) in [6, 6.07) is 21.5. The molecular formula is C27H20BrClN6O3. The summed E-state index contributed by atoms with van der Waals surface area (Å²) in [5, 5.41) is 16.0. The van der Waals surface area contributed by atoms with Gasteiger partial charge in [0.1, 0.15) is 6.54 Å². The number of carbonyl (C=O) groups excluding carboxylic acids is 3. The van der Waals surface area contributed by atoms with Crippen molar-refractivity contribution < 1.29 is 14.4 Å². The quantitative estimate of drug-likeness (QED) is 0.399. The highest BCUT2D eigenvalue weighted by Crippen LogP contribution is 2.35. The second-order valence-corrected chi connectivity index (χ2v) is 10.5. The highest BCUT2D eigenvalue weighted by atomic mass is 79.9. The number of hydrogen-bond donors (Lipinski definition) is 0. The van der Waals surface area contributed by atoms with E-state index >= 15 is 0 Å². The van der Waals surface area contributed by atoms with Gasteiger partial charge < -0.3 is 0 Å². The lowest BCUT2D eigenvalue weighted by atomic mass is 9.98. The van der Waals surface area contributed by atoms with Crippen molar-refractivity contribution in [1.82, 2.24) is 10.0 Å². The summed E-state index contributed by atoms with van der Waals surface area (Å²) in [4.78, 5) is 41.0. The van der Waals surface area contributed by atoms with Crippen molar-refractivity contribution in [3.8, 4) is 0 Å². The molecule has 190 valence electrons. The molecule has 0 aliphatic carbocycles. The highest BCUT2D eigenvalue weighted by molar-refractivity contribution is 9.10. The molecular weight excluding hydrogens is 572 g/mol. The first-order chi connectivity index (χ1) is 18.4. The van der Waals surface area contributed by atoms with E-state index in [1.807, 2.05) is 54.6 Å². The van der Waals surface area contributed by atoms with Crippen LogP contribution in [0.4, 0.5) is 5.69 Å². The van der Waals surface area contributed by atoms with Crippen molar-refractivity contribution in [3.05, 3.63) is 99.5 Å². The molecule has 0 N–H and O–H groups in total. The van der Waals surface area contributed by atoms with Crippen LogP contribution in [0.15, 0.2) is 98.8 Å². The van der Waals surface area contributed by atoms with Gasteiger partial charge in [-0.2, -0.15) is 10.2 Å². The zero-order valence-corrected chi connectivity index (χ0v) is 22.2. The van der Waals surface area contributed by atoms with Crippen molar-refractivity contribution in [2.24, 2.45) is 15.4 Å². The first-order valence-corrected chi connectivity index (χ1v) is 13.1. The van der Waals surface area contributed by atoms with Gasteiger partial charge in [0.2, 0.25) is 0 Å². The number of imide groups is 1. The number of anilines is 1. The minimum absolute atomic E-state index is 0.251. The van der Waals surface area contributed by atoms with Gasteiger partial charge in [0.25, 0.3) is 17.7 Å². The molecule has 3 aliphatic rings. The van der Waals surface area contributed by atoms with Crippen molar-refractivity contribution >= 4 is 56.7 Å². The van der Waals surface area contributed by atoms with Gasteiger partial charge in [-0.3, -0.25) is 19.4 Å². The Morgan fingerprint density at radius 3 is 2.37 bits per heavy atom. The number of amides is 3. The highest BCUT2D eigenvalue weighted by Gasteiger charge is 2.55. The van der Waals surface area contributed by atoms with E-state index in [1.54, 1.807) is 24.3 Å². The van der Waals surface area contributed by atoms with Crippen LogP contribution in [0.2, 0.25) is 5.02 Å². The normalized spacial score (nSPS) is 22.3. The van der Waals surface area contributed by atoms with Crippen molar-refractivity contribution in [2.45, 2.75) is 24.5 Å². The predicted molar refractivity (Wildman–Crippen MR) is 144 cm³/mol. The lowest BCUT2D eigenvalue weighted by molar-refractivity contribution is -0.135. The third-order valence-electron chi connectivity index (χ3n) is 6.77. The summed E-state index contributed by atoms with van der Waals surface area (Å²) in [6.07, 6.45) is 0.534. The summed E-state index contributed by atoms with van der Waals surface area (Å²) in [5.74, 6) is -1.32. The maximum atomic E-state index is 13.6. The van der Waals surface area contributed by atoms with Crippen molar-refractivity contribution in [2.75, 3.05) is 11.4 Å². The molecule has 0 radical (unpaired) electrons. The molecule has 3 heterocycles. The monoisotopic (exact) mass is 590 g/mol. The van der Waals surface area contributed by atoms with Gasteiger partial charge in [0, 0.05) is 15.9 Å². The minimum atomic E-state index is -1.00. The first kappa shape index (κ1) is 24.4. The van der Waals surface area contributed by atoms with Gasteiger partial charge in [-0.05, 0) is 47.5 Å². The number of hydrogen-bond acceptors (Lipinski definition) is 7. The molecule has 1 saturated heterocycles. The Morgan fingerprint density at radius 2 is 1.66 bits per heavy atom. The van der Waals surface area contributed by atoms with Crippen LogP contribution in [0.25, 0.3) is 0 Å². The lowest BCUT2D eigenvalue weighted by Gasteiger charge is -2.25. The van der Waals surface area contributed by atoms with Gasteiger partial charge in [-0.25, -0.2) is 9.91 Å². The summed E-state index contributed by atoms with van der Waals surface area (Å²) < 4.78 is 0.949. The Hall–Kier alpha value is -3.89. The van der Waals surface area contributed by atoms with Gasteiger partial charge in [0.05, 0.1) is 17.4 Å². The Morgan fingerprint density at radius 1 is 0.947 bits per heavy atom. The van der Waals surface area contributed by atoms with Crippen LogP contribution in [0, 0.1) is 0 Å². The number of hydrazone groups is 1. The first-order valence-electron chi connectivity index (χ1n) is 11.9. The smallest absolute Gasteiger partial charge is 0.264 e. The Balaban J connectivity index is 1.25. The second-order valence-electron chi connectivity index (χ2n) is 9.10. The van der Waals surface area contributed by atoms with E-state index in [2.05, 4.69) is 31.4 Å². The van der Waals surface area contributed by atoms with E-state index in [1.165, 1.54) is 10.0 Å². The third-order valence-corrected chi connectivity index (χ3v) is 7.55. The third kappa shape index (κ3) is 4.29. The largest absolute Gasteiger partial charge is 0.271 e. The molecule has 3 amide bonds. The molecule has 0 aromatic heterocycles. The number of fused-ring (bicyclic) bond motifs is 1. The van der Waals surface area contributed by atoms with Gasteiger partial charge in [-0.1, -0.05) is 75.2 Å². The molecule has 1 fully saturated rings. The standard InChI is InChI=1S/C27H20BrClN6O3/c28-18-8-6-16(7-9-18)21-14-22(17-4-2-1-3-5-17)35(31-21)23(36)15-33-25-24(30-32-33)26(37)34(27(25)38)20-12-10-19(29)11-13-20/h1-13,22,24-25H,14-15H2. The molecule has 3 aromatic rings. The van der Waals surface area contributed by atoms with Gasteiger partial charge >= 0.3 is 0 Å². The SMILES string of the molecule is O=C1C2N=NN(CC(=O)N3N=C(c4ccc(Br)cc4)CC3c3ccccc3)C2C(=O)N1c1ccc(Cl)cc1. The maximum Gasteiger partial charge on any atom is 0.264 e. The minimum Gasteiger partial charge on any atom is -0.271 e. The van der Waals surface area contributed by atoms with Crippen LogP contribution in [0.5, 0.6) is 0 Å². The number of carbonyl (C=O) groups is 3. The average molecular weight is 592 g/mol. The summed E-state index contributed by atoms with van der Waals surface area (Å²) in [7, 11) is 0. The lowest BCUT2D eigenvalue weighted by Crippen LogP contribution is -2.44.